The number of aryl methyl sites for hydroxylation is 1. The minimum atomic E-state index is -3.75. The summed E-state index contributed by atoms with van der Waals surface area (Å²) in [5, 5.41) is 4.40. The van der Waals surface area contributed by atoms with Crippen LogP contribution in [0, 0.1) is 19.3 Å². The molecular formula is C23H19NO4S2. The van der Waals surface area contributed by atoms with Gasteiger partial charge in [-0.25, -0.2) is 8.42 Å². The molecule has 1 N–H and O–H groups in total. The molecule has 0 aliphatic carbocycles. The fourth-order valence-electron chi connectivity index (χ4n) is 3.50. The zero-order chi connectivity index (χ0) is 21.3. The van der Waals surface area contributed by atoms with Crippen LogP contribution in [0.25, 0.3) is 0 Å². The molecule has 30 heavy (non-hydrogen) atoms. The molecule has 1 aliphatic rings. The van der Waals surface area contributed by atoms with Crippen molar-refractivity contribution in [3.8, 4) is 18.1 Å². The number of anilines is 1. The van der Waals surface area contributed by atoms with Crippen molar-refractivity contribution in [1.82, 2.24) is 0 Å². The zero-order valence-corrected chi connectivity index (χ0v) is 17.8. The maximum absolute atomic E-state index is 13.2. The predicted molar refractivity (Wildman–Crippen MR) is 117 cm³/mol. The monoisotopic (exact) mass is 437 g/mol. The molecule has 1 atom stereocenters. The van der Waals surface area contributed by atoms with E-state index < -0.39 is 9.84 Å². The van der Waals surface area contributed by atoms with Crippen LogP contribution in [0.4, 0.5) is 5.69 Å². The van der Waals surface area contributed by atoms with Crippen LogP contribution in [-0.4, -0.2) is 20.9 Å². The van der Waals surface area contributed by atoms with Gasteiger partial charge in [0.05, 0.1) is 10.6 Å². The third-order valence-electron chi connectivity index (χ3n) is 4.95. The van der Waals surface area contributed by atoms with Gasteiger partial charge >= 0.3 is 0 Å². The molecule has 4 rings (SSSR count). The smallest absolute Gasteiger partial charge is 0.225 e. The number of carbonyl (C=O) groups excluding carboxylic acids is 1. The van der Waals surface area contributed by atoms with E-state index in [9.17, 15) is 13.2 Å². The number of terminal acetylenes is 1. The molecule has 5 nitrogen and oxygen atoms in total. The number of amides is 1. The minimum absolute atomic E-state index is 0.139. The first-order valence-corrected chi connectivity index (χ1v) is 11.7. The fraction of sp³-hybridized carbons (Fsp3) is 0.174. The number of carbonyl (C=O) groups is 1. The maximum atomic E-state index is 13.2. The molecule has 0 radical (unpaired) electrons. The van der Waals surface area contributed by atoms with E-state index in [0.717, 1.165) is 16.0 Å². The molecule has 0 saturated heterocycles. The van der Waals surface area contributed by atoms with E-state index >= 15 is 0 Å². The van der Waals surface area contributed by atoms with Crippen molar-refractivity contribution in [3.05, 3.63) is 69.9 Å². The highest BCUT2D eigenvalue weighted by Gasteiger charge is 2.34. The Labute approximate surface area is 179 Å². The van der Waals surface area contributed by atoms with E-state index in [0.29, 0.717) is 11.4 Å². The Morgan fingerprint density at radius 3 is 2.70 bits per heavy atom. The van der Waals surface area contributed by atoms with Crippen molar-refractivity contribution in [2.45, 2.75) is 29.1 Å². The highest BCUT2D eigenvalue weighted by Crippen LogP contribution is 2.46. The van der Waals surface area contributed by atoms with Crippen molar-refractivity contribution >= 4 is 32.8 Å². The molecule has 0 unspecified atom stereocenters. The SMILES string of the molecule is C#CCOc1ccc([C@H]2CC(=O)Nc3c(S(=O)(=O)c4cccc(C)c4)csc32)cc1. The summed E-state index contributed by atoms with van der Waals surface area (Å²) < 4.78 is 31.9. The lowest BCUT2D eigenvalue weighted by molar-refractivity contribution is -0.116. The molecule has 0 bridgehead atoms. The minimum Gasteiger partial charge on any atom is -0.481 e. The molecule has 2 heterocycles. The van der Waals surface area contributed by atoms with Gasteiger partial charge in [0.15, 0.2) is 0 Å². The number of fused-ring (bicyclic) bond motifs is 1. The lowest BCUT2D eigenvalue weighted by Crippen LogP contribution is -2.23. The molecular weight excluding hydrogens is 418 g/mol. The van der Waals surface area contributed by atoms with Crippen LogP contribution < -0.4 is 10.1 Å². The van der Waals surface area contributed by atoms with Crippen LogP contribution in [0.2, 0.25) is 0 Å². The highest BCUT2D eigenvalue weighted by molar-refractivity contribution is 7.91. The molecule has 7 heteroatoms. The van der Waals surface area contributed by atoms with Gasteiger partial charge in [0.2, 0.25) is 15.7 Å². The molecule has 3 aromatic rings. The Bertz CT molecular complexity index is 1250. The summed E-state index contributed by atoms with van der Waals surface area (Å²) in [6, 6.07) is 14.1. The number of benzene rings is 2. The highest BCUT2D eigenvalue weighted by atomic mass is 32.2. The molecule has 0 saturated carbocycles. The third-order valence-corrected chi connectivity index (χ3v) is 7.97. The van der Waals surface area contributed by atoms with Crippen LogP contribution >= 0.6 is 11.3 Å². The Kier molecular flexibility index (Phi) is 5.37. The van der Waals surface area contributed by atoms with Gasteiger partial charge in [-0.05, 0) is 42.3 Å². The second kappa shape index (κ2) is 7.98. The van der Waals surface area contributed by atoms with Crippen molar-refractivity contribution < 1.29 is 17.9 Å². The number of sulfone groups is 1. The first-order chi connectivity index (χ1) is 14.4. The number of nitrogens with one attached hydrogen (secondary N) is 1. The van der Waals surface area contributed by atoms with Crippen LogP contribution in [0.15, 0.2) is 63.7 Å². The quantitative estimate of drug-likeness (QED) is 0.602. The number of rotatable bonds is 5. The number of hydrogen-bond donors (Lipinski definition) is 1. The summed E-state index contributed by atoms with van der Waals surface area (Å²) in [6.45, 7) is 2.03. The van der Waals surface area contributed by atoms with Crippen molar-refractivity contribution in [3.63, 3.8) is 0 Å². The summed E-state index contributed by atoms with van der Waals surface area (Å²) in [5.41, 5.74) is 2.16. The Morgan fingerprint density at radius 1 is 1.23 bits per heavy atom. The first kappa shape index (κ1) is 20.2. The van der Waals surface area contributed by atoms with Crippen LogP contribution in [-0.2, 0) is 14.6 Å². The van der Waals surface area contributed by atoms with E-state index in [1.165, 1.54) is 11.3 Å². The lowest BCUT2D eigenvalue weighted by atomic mass is 9.90. The topological polar surface area (TPSA) is 72.5 Å². The van der Waals surface area contributed by atoms with Gasteiger partial charge in [-0.2, -0.15) is 0 Å². The molecule has 0 spiro atoms. The summed E-state index contributed by atoms with van der Waals surface area (Å²) in [4.78, 5) is 13.6. The van der Waals surface area contributed by atoms with Crippen molar-refractivity contribution in [2.24, 2.45) is 0 Å². The Morgan fingerprint density at radius 2 is 2.00 bits per heavy atom. The summed E-state index contributed by atoms with van der Waals surface area (Å²) in [6.07, 6.45) is 5.46. The number of thiophene rings is 1. The average Bonchev–Trinajstić information content (AvgIpc) is 3.16. The van der Waals surface area contributed by atoms with Crippen molar-refractivity contribution in [1.29, 1.82) is 0 Å². The van der Waals surface area contributed by atoms with Gasteiger partial charge in [0.25, 0.3) is 0 Å². The molecule has 2 aromatic carbocycles. The van der Waals surface area contributed by atoms with E-state index in [4.69, 9.17) is 11.2 Å². The normalized spacial score (nSPS) is 15.7. The van der Waals surface area contributed by atoms with Crippen LogP contribution in [0.5, 0.6) is 5.75 Å². The Balaban J connectivity index is 1.73. The van der Waals surface area contributed by atoms with Gasteiger partial charge in [-0.1, -0.05) is 30.2 Å². The van der Waals surface area contributed by atoms with E-state index in [1.807, 2.05) is 25.1 Å². The lowest BCUT2D eigenvalue weighted by Gasteiger charge is -2.24. The van der Waals surface area contributed by atoms with Crippen LogP contribution in [0.1, 0.15) is 28.3 Å². The van der Waals surface area contributed by atoms with Gasteiger partial charge in [0, 0.05) is 22.6 Å². The average molecular weight is 438 g/mol. The molecule has 0 fully saturated rings. The molecule has 1 aromatic heterocycles. The third kappa shape index (κ3) is 3.72. The zero-order valence-electron chi connectivity index (χ0n) is 16.2. The fourth-order valence-corrected chi connectivity index (χ4v) is 6.51. The maximum Gasteiger partial charge on any atom is 0.225 e. The largest absolute Gasteiger partial charge is 0.481 e. The van der Waals surface area contributed by atoms with Gasteiger partial charge in [-0.15, -0.1) is 17.8 Å². The summed E-state index contributed by atoms with van der Waals surface area (Å²) in [7, 11) is -3.75. The molecule has 1 aliphatic heterocycles. The van der Waals surface area contributed by atoms with Crippen LogP contribution in [0.3, 0.4) is 0 Å². The van der Waals surface area contributed by atoms with E-state index in [2.05, 4.69) is 11.2 Å². The first-order valence-electron chi connectivity index (χ1n) is 9.29. The Hall–Kier alpha value is -3.08. The van der Waals surface area contributed by atoms with E-state index in [-0.39, 0.29) is 34.6 Å². The van der Waals surface area contributed by atoms with Gasteiger partial charge < -0.3 is 10.1 Å². The standard InChI is InChI=1S/C23H19NO4S2/c1-3-11-28-17-9-7-16(8-10-17)19-13-21(25)24-22-20(14-29-23(19)22)30(26,27)18-6-4-5-15(2)12-18/h1,4-10,12,14,19H,11,13H2,2H3,(H,24,25)/t19-/m1/s1. The van der Waals surface area contributed by atoms with Gasteiger partial charge in [-0.3, -0.25) is 4.79 Å². The predicted octanol–water partition coefficient (Wildman–Crippen LogP) is 4.38. The summed E-state index contributed by atoms with van der Waals surface area (Å²) in [5.74, 6) is 2.63. The van der Waals surface area contributed by atoms with Gasteiger partial charge in [0.1, 0.15) is 17.3 Å². The summed E-state index contributed by atoms with van der Waals surface area (Å²) >= 11 is 1.35. The number of ether oxygens (including phenoxy) is 1. The van der Waals surface area contributed by atoms with E-state index in [1.54, 1.807) is 35.7 Å². The molecule has 1 amide bonds. The second-order valence-corrected chi connectivity index (χ2v) is 9.86. The second-order valence-electron chi connectivity index (χ2n) is 7.03. The number of hydrogen-bond acceptors (Lipinski definition) is 5. The van der Waals surface area contributed by atoms with Crippen molar-refractivity contribution in [2.75, 3.05) is 11.9 Å². The molecule has 152 valence electrons.